The molecule has 0 aliphatic carbocycles. The molecule has 1 N–H and O–H groups in total. The largest absolute Gasteiger partial charge is 0.484 e. The molecule has 108 valence electrons. The molecule has 0 atom stereocenters. The van der Waals surface area contributed by atoms with Crippen LogP contribution in [-0.2, 0) is 4.79 Å². The Hall–Kier alpha value is -1.89. The number of rotatable bonds is 5. The van der Waals surface area contributed by atoms with Crippen molar-refractivity contribution in [3.8, 4) is 5.75 Å². The lowest BCUT2D eigenvalue weighted by Gasteiger charge is -2.08. The first-order chi connectivity index (χ1) is 10.0. The van der Waals surface area contributed by atoms with Gasteiger partial charge < -0.3 is 10.1 Å². The highest BCUT2D eigenvalue weighted by Gasteiger charge is 2.05. The molecule has 21 heavy (non-hydrogen) atoms. The minimum atomic E-state index is -0.229. The number of hydrogen-bond acceptors (Lipinski definition) is 3. The normalized spacial score (nSPS) is 10.0. The number of benzene rings is 2. The van der Waals surface area contributed by atoms with E-state index in [9.17, 15) is 9.59 Å². The second kappa shape index (κ2) is 7.21. The maximum absolute atomic E-state index is 11.8. The summed E-state index contributed by atoms with van der Waals surface area (Å²) in [6.07, 6.45) is 0. The highest BCUT2D eigenvalue weighted by molar-refractivity contribution is 14.1. The van der Waals surface area contributed by atoms with E-state index in [-0.39, 0.29) is 18.3 Å². The third-order valence-electron chi connectivity index (χ3n) is 2.74. The second-order valence-corrected chi connectivity index (χ2v) is 5.67. The lowest BCUT2D eigenvalue weighted by Crippen LogP contribution is -2.20. The van der Waals surface area contributed by atoms with Gasteiger partial charge in [-0.25, -0.2) is 0 Å². The third-order valence-corrected chi connectivity index (χ3v) is 3.41. The Morgan fingerprint density at radius 3 is 2.48 bits per heavy atom. The van der Waals surface area contributed by atoms with Crippen molar-refractivity contribution in [3.05, 3.63) is 57.7 Å². The van der Waals surface area contributed by atoms with Gasteiger partial charge in [-0.2, -0.15) is 0 Å². The monoisotopic (exact) mass is 395 g/mol. The van der Waals surface area contributed by atoms with E-state index in [0.717, 1.165) is 9.26 Å². The number of amides is 1. The first-order valence-corrected chi connectivity index (χ1v) is 7.42. The van der Waals surface area contributed by atoms with E-state index in [1.807, 2.05) is 24.3 Å². The zero-order valence-electron chi connectivity index (χ0n) is 11.4. The zero-order chi connectivity index (χ0) is 15.2. The van der Waals surface area contributed by atoms with Crippen molar-refractivity contribution in [2.45, 2.75) is 6.92 Å². The second-order valence-electron chi connectivity index (χ2n) is 4.43. The van der Waals surface area contributed by atoms with Crippen LogP contribution in [0.3, 0.4) is 0 Å². The summed E-state index contributed by atoms with van der Waals surface area (Å²) in [5.41, 5.74) is 1.35. The minimum Gasteiger partial charge on any atom is -0.484 e. The first-order valence-electron chi connectivity index (χ1n) is 6.34. The predicted molar refractivity (Wildman–Crippen MR) is 89.7 cm³/mol. The van der Waals surface area contributed by atoms with E-state index < -0.39 is 0 Å². The Kier molecular flexibility index (Phi) is 5.32. The molecule has 0 heterocycles. The maximum atomic E-state index is 11.8. The van der Waals surface area contributed by atoms with E-state index in [0.29, 0.717) is 11.3 Å². The first kappa shape index (κ1) is 15.5. The van der Waals surface area contributed by atoms with Gasteiger partial charge in [-0.1, -0.05) is 6.07 Å². The SMILES string of the molecule is CC(=O)c1ccc(OCC(=O)Nc2cccc(I)c2)cc1. The third kappa shape index (κ3) is 4.86. The Morgan fingerprint density at radius 2 is 1.86 bits per heavy atom. The number of anilines is 1. The van der Waals surface area contributed by atoms with E-state index >= 15 is 0 Å². The summed E-state index contributed by atoms with van der Waals surface area (Å²) in [5, 5.41) is 2.76. The van der Waals surface area contributed by atoms with Crippen LogP contribution in [0, 0.1) is 3.57 Å². The summed E-state index contributed by atoms with van der Waals surface area (Å²) in [6, 6.07) is 14.2. The van der Waals surface area contributed by atoms with Crippen LogP contribution in [0.2, 0.25) is 0 Å². The molecule has 0 aliphatic rings. The molecule has 0 radical (unpaired) electrons. The fourth-order valence-corrected chi connectivity index (χ4v) is 2.24. The summed E-state index contributed by atoms with van der Waals surface area (Å²) in [5.74, 6) is 0.323. The standard InChI is InChI=1S/C16H14INO3/c1-11(19)12-5-7-15(8-6-12)21-10-16(20)18-14-4-2-3-13(17)9-14/h2-9H,10H2,1H3,(H,18,20). The minimum absolute atomic E-state index is 0.00188. The molecule has 5 heteroatoms. The Morgan fingerprint density at radius 1 is 1.14 bits per heavy atom. The van der Waals surface area contributed by atoms with Gasteiger partial charge in [-0.3, -0.25) is 9.59 Å². The van der Waals surface area contributed by atoms with Crippen LogP contribution in [0.4, 0.5) is 5.69 Å². The fourth-order valence-electron chi connectivity index (χ4n) is 1.70. The molecule has 0 saturated carbocycles. The number of hydrogen-bond donors (Lipinski definition) is 1. The summed E-state index contributed by atoms with van der Waals surface area (Å²) in [7, 11) is 0. The van der Waals surface area contributed by atoms with Crippen LogP contribution < -0.4 is 10.1 Å². The average molecular weight is 395 g/mol. The quantitative estimate of drug-likeness (QED) is 0.623. The molecule has 0 unspecified atom stereocenters. The summed E-state index contributed by atoms with van der Waals surface area (Å²) in [6.45, 7) is 1.43. The number of halogens is 1. The van der Waals surface area contributed by atoms with Crippen LogP contribution in [0.15, 0.2) is 48.5 Å². The Balaban J connectivity index is 1.87. The molecule has 1 amide bonds. The van der Waals surface area contributed by atoms with Crippen LogP contribution in [0.25, 0.3) is 0 Å². The van der Waals surface area contributed by atoms with E-state index in [4.69, 9.17) is 4.74 Å². The smallest absolute Gasteiger partial charge is 0.262 e. The van der Waals surface area contributed by atoms with Gasteiger partial charge in [-0.15, -0.1) is 0 Å². The molecular weight excluding hydrogens is 381 g/mol. The number of Topliss-reactive ketones (excluding diaryl/α,β-unsaturated/α-hetero) is 1. The highest BCUT2D eigenvalue weighted by Crippen LogP contribution is 2.14. The zero-order valence-corrected chi connectivity index (χ0v) is 13.6. The summed E-state index contributed by atoms with van der Waals surface area (Å²) >= 11 is 2.18. The summed E-state index contributed by atoms with van der Waals surface area (Å²) in [4.78, 5) is 22.9. The number of nitrogens with one attached hydrogen (secondary N) is 1. The lowest BCUT2D eigenvalue weighted by molar-refractivity contribution is -0.118. The van der Waals surface area contributed by atoms with Crippen molar-refractivity contribution < 1.29 is 14.3 Å². The van der Waals surface area contributed by atoms with Crippen molar-refractivity contribution in [2.24, 2.45) is 0 Å². The fraction of sp³-hybridized carbons (Fsp3) is 0.125. The van der Waals surface area contributed by atoms with Crippen molar-refractivity contribution in [2.75, 3.05) is 11.9 Å². The van der Waals surface area contributed by atoms with Gasteiger partial charge in [0.15, 0.2) is 12.4 Å². The Labute approximate surface area is 136 Å². The van der Waals surface area contributed by atoms with Gasteiger partial charge in [-0.05, 0) is 72.0 Å². The average Bonchev–Trinajstić information content (AvgIpc) is 2.45. The van der Waals surface area contributed by atoms with E-state index in [2.05, 4.69) is 27.9 Å². The number of carbonyl (C=O) groups excluding carboxylic acids is 2. The number of ketones is 1. The van der Waals surface area contributed by atoms with E-state index in [1.165, 1.54) is 6.92 Å². The van der Waals surface area contributed by atoms with Gasteiger partial charge in [0.1, 0.15) is 5.75 Å². The molecule has 0 aliphatic heterocycles. The highest BCUT2D eigenvalue weighted by atomic mass is 127. The van der Waals surface area contributed by atoms with Crippen molar-refractivity contribution in [3.63, 3.8) is 0 Å². The van der Waals surface area contributed by atoms with Gasteiger partial charge in [0, 0.05) is 14.8 Å². The molecule has 0 saturated heterocycles. The van der Waals surface area contributed by atoms with Gasteiger partial charge in [0.2, 0.25) is 0 Å². The van der Waals surface area contributed by atoms with Gasteiger partial charge in [0.05, 0.1) is 0 Å². The van der Waals surface area contributed by atoms with Crippen LogP contribution in [-0.4, -0.2) is 18.3 Å². The molecule has 4 nitrogen and oxygen atoms in total. The molecule has 0 fully saturated rings. The van der Waals surface area contributed by atoms with Crippen LogP contribution >= 0.6 is 22.6 Å². The Bertz CT molecular complexity index is 653. The molecule has 2 rings (SSSR count). The topological polar surface area (TPSA) is 55.4 Å². The van der Waals surface area contributed by atoms with E-state index in [1.54, 1.807) is 24.3 Å². The van der Waals surface area contributed by atoms with Crippen LogP contribution in [0.1, 0.15) is 17.3 Å². The van der Waals surface area contributed by atoms with Crippen molar-refractivity contribution >= 4 is 40.0 Å². The maximum Gasteiger partial charge on any atom is 0.262 e. The number of carbonyl (C=O) groups is 2. The molecule has 0 bridgehead atoms. The summed E-state index contributed by atoms with van der Waals surface area (Å²) < 4.78 is 6.43. The van der Waals surface area contributed by atoms with Crippen molar-refractivity contribution in [1.82, 2.24) is 0 Å². The lowest BCUT2D eigenvalue weighted by atomic mass is 10.1. The van der Waals surface area contributed by atoms with Gasteiger partial charge in [0.25, 0.3) is 5.91 Å². The predicted octanol–water partition coefficient (Wildman–Crippen LogP) is 3.51. The molecule has 0 spiro atoms. The van der Waals surface area contributed by atoms with Crippen LogP contribution in [0.5, 0.6) is 5.75 Å². The van der Waals surface area contributed by atoms with Gasteiger partial charge >= 0.3 is 0 Å². The molecule has 2 aromatic carbocycles. The molecule has 2 aromatic rings. The number of ether oxygens (including phenoxy) is 1. The molecular formula is C16H14INO3. The van der Waals surface area contributed by atoms with Crippen molar-refractivity contribution in [1.29, 1.82) is 0 Å². The molecule has 0 aromatic heterocycles.